The van der Waals surface area contributed by atoms with Gasteiger partial charge in [-0.05, 0) is 36.8 Å². The molecular weight excluding hydrogens is 450 g/mol. The van der Waals surface area contributed by atoms with Gasteiger partial charge < -0.3 is 19.5 Å². The highest BCUT2D eigenvalue weighted by Gasteiger charge is 2.22. The van der Waals surface area contributed by atoms with Crippen LogP contribution in [0.5, 0.6) is 5.75 Å². The zero-order valence-electron chi connectivity index (χ0n) is 17.5. The van der Waals surface area contributed by atoms with Crippen molar-refractivity contribution in [1.82, 2.24) is 14.8 Å². The van der Waals surface area contributed by atoms with E-state index in [1.165, 1.54) is 11.8 Å². The number of carbonyl (C=O) groups is 2. The third-order valence-corrected chi connectivity index (χ3v) is 6.30. The van der Waals surface area contributed by atoms with Crippen LogP contribution >= 0.6 is 23.4 Å². The standard InChI is InChI=1S/C22H22ClN5O3S/c1-27-19(13-31-18-9-3-2-8-17(18)23)25-26-22(27)32-14-20(29)24-15-6-4-7-16(12-15)28-11-5-10-21(28)30/h2-4,6-9,12H,5,10-11,13-14H2,1H3,(H,24,29). The summed E-state index contributed by atoms with van der Waals surface area (Å²) in [5.41, 5.74) is 1.45. The maximum absolute atomic E-state index is 12.4. The van der Waals surface area contributed by atoms with Gasteiger partial charge in [0.1, 0.15) is 12.4 Å². The maximum Gasteiger partial charge on any atom is 0.234 e. The van der Waals surface area contributed by atoms with Crippen LogP contribution in [0.1, 0.15) is 18.7 Å². The Labute approximate surface area is 194 Å². The zero-order valence-corrected chi connectivity index (χ0v) is 19.0. The Bertz CT molecular complexity index is 1140. The summed E-state index contributed by atoms with van der Waals surface area (Å²) in [6.07, 6.45) is 1.42. The Kier molecular flexibility index (Phi) is 6.96. The predicted molar refractivity (Wildman–Crippen MR) is 124 cm³/mol. The van der Waals surface area contributed by atoms with E-state index in [0.29, 0.717) is 40.4 Å². The molecule has 8 nitrogen and oxygen atoms in total. The number of hydrogen-bond donors (Lipinski definition) is 1. The monoisotopic (exact) mass is 471 g/mol. The molecule has 0 aliphatic carbocycles. The summed E-state index contributed by atoms with van der Waals surface area (Å²) in [5.74, 6) is 1.31. The molecular formula is C22H22ClN5O3S. The van der Waals surface area contributed by atoms with Crippen LogP contribution in [0.2, 0.25) is 5.02 Å². The first-order chi connectivity index (χ1) is 15.5. The minimum Gasteiger partial charge on any atom is -0.484 e. The van der Waals surface area contributed by atoms with Crippen molar-refractivity contribution in [2.75, 3.05) is 22.5 Å². The van der Waals surface area contributed by atoms with Gasteiger partial charge >= 0.3 is 0 Å². The second-order valence-corrected chi connectivity index (χ2v) is 8.56. The van der Waals surface area contributed by atoms with Crippen LogP contribution in [0.25, 0.3) is 0 Å². The summed E-state index contributed by atoms with van der Waals surface area (Å²) in [6.45, 7) is 0.919. The molecule has 0 saturated carbocycles. The van der Waals surface area contributed by atoms with Crippen LogP contribution < -0.4 is 15.0 Å². The molecule has 2 aromatic carbocycles. The average Bonchev–Trinajstić information content (AvgIpc) is 3.37. The van der Waals surface area contributed by atoms with Crippen molar-refractivity contribution in [3.05, 3.63) is 59.4 Å². The Hall–Kier alpha value is -3.04. The van der Waals surface area contributed by atoms with Gasteiger partial charge in [0.15, 0.2) is 11.0 Å². The molecule has 166 valence electrons. The van der Waals surface area contributed by atoms with E-state index >= 15 is 0 Å². The number of nitrogens with zero attached hydrogens (tertiary/aromatic N) is 4. The van der Waals surface area contributed by atoms with Crippen LogP contribution in [-0.4, -0.2) is 38.9 Å². The minimum absolute atomic E-state index is 0.112. The van der Waals surface area contributed by atoms with Crippen LogP contribution in [0.3, 0.4) is 0 Å². The van der Waals surface area contributed by atoms with Gasteiger partial charge in [0.05, 0.1) is 10.8 Å². The number of rotatable bonds is 8. The molecule has 1 N–H and O–H groups in total. The number of aromatic nitrogens is 3. The largest absolute Gasteiger partial charge is 0.484 e. The number of para-hydroxylation sites is 1. The lowest BCUT2D eigenvalue weighted by Gasteiger charge is -2.16. The van der Waals surface area contributed by atoms with Gasteiger partial charge in [-0.2, -0.15) is 0 Å². The van der Waals surface area contributed by atoms with Gasteiger partial charge in [0.25, 0.3) is 0 Å². The van der Waals surface area contributed by atoms with Crippen LogP contribution in [0.15, 0.2) is 53.7 Å². The number of ether oxygens (including phenoxy) is 1. The van der Waals surface area contributed by atoms with Gasteiger partial charge in [-0.3, -0.25) is 9.59 Å². The smallest absolute Gasteiger partial charge is 0.234 e. The SMILES string of the molecule is Cn1c(COc2ccccc2Cl)nnc1SCC(=O)Nc1cccc(N2CCCC2=O)c1. The first-order valence-corrected chi connectivity index (χ1v) is 11.5. The quantitative estimate of drug-likeness (QED) is 0.501. The average molecular weight is 472 g/mol. The Morgan fingerprint density at radius 1 is 1.22 bits per heavy atom. The third kappa shape index (κ3) is 5.23. The summed E-state index contributed by atoms with van der Waals surface area (Å²) >= 11 is 7.39. The first-order valence-electron chi connectivity index (χ1n) is 10.1. The number of anilines is 2. The summed E-state index contributed by atoms with van der Waals surface area (Å²) in [5, 5.41) is 12.3. The molecule has 1 aliphatic rings. The van der Waals surface area contributed by atoms with Crippen molar-refractivity contribution in [3.63, 3.8) is 0 Å². The molecule has 3 aromatic rings. The number of nitrogens with one attached hydrogen (secondary N) is 1. The number of halogens is 1. The van der Waals surface area contributed by atoms with Crippen LogP contribution in [-0.2, 0) is 23.2 Å². The molecule has 1 aromatic heterocycles. The van der Waals surface area contributed by atoms with Crippen molar-refractivity contribution in [2.45, 2.75) is 24.6 Å². The van der Waals surface area contributed by atoms with Crippen molar-refractivity contribution >= 4 is 46.6 Å². The molecule has 32 heavy (non-hydrogen) atoms. The highest BCUT2D eigenvalue weighted by atomic mass is 35.5. The van der Waals surface area contributed by atoms with Gasteiger partial charge in [-0.25, -0.2) is 0 Å². The van der Waals surface area contributed by atoms with E-state index < -0.39 is 0 Å². The van der Waals surface area contributed by atoms with Crippen molar-refractivity contribution in [1.29, 1.82) is 0 Å². The normalized spacial score (nSPS) is 13.4. The van der Waals surface area contributed by atoms with E-state index in [1.54, 1.807) is 27.7 Å². The number of amides is 2. The summed E-state index contributed by atoms with van der Waals surface area (Å²) in [6, 6.07) is 14.5. The lowest BCUT2D eigenvalue weighted by molar-refractivity contribution is -0.117. The molecule has 0 spiro atoms. The second kappa shape index (κ2) is 10.1. The van der Waals surface area contributed by atoms with Crippen molar-refractivity contribution in [2.24, 2.45) is 7.05 Å². The predicted octanol–water partition coefficient (Wildman–Crippen LogP) is 3.91. The number of carbonyl (C=O) groups excluding carboxylic acids is 2. The first kappa shape index (κ1) is 22.2. The molecule has 1 saturated heterocycles. The van der Waals surface area contributed by atoms with E-state index in [1.807, 2.05) is 37.4 Å². The van der Waals surface area contributed by atoms with E-state index in [2.05, 4.69) is 15.5 Å². The van der Waals surface area contributed by atoms with E-state index in [9.17, 15) is 9.59 Å². The summed E-state index contributed by atoms with van der Waals surface area (Å²) < 4.78 is 7.50. The molecule has 1 fully saturated rings. The Morgan fingerprint density at radius 3 is 2.84 bits per heavy atom. The molecule has 0 unspecified atom stereocenters. The van der Waals surface area contributed by atoms with Crippen LogP contribution in [0, 0.1) is 0 Å². The minimum atomic E-state index is -0.170. The number of benzene rings is 2. The highest BCUT2D eigenvalue weighted by molar-refractivity contribution is 7.99. The van der Waals surface area contributed by atoms with Crippen LogP contribution in [0.4, 0.5) is 11.4 Å². The molecule has 2 amide bonds. The summed E-state index contributed by atoms with van der Waals surface area (Å²) in [7, 11) is 1.82. The van der Waals surface area contributed by atoms with Crippen molar-refractivity contribution < 1.29 is 14.3 Å². The molecule has 2 heterocycles. The highest BCUT2D eigenvalue weighted by Crippen LogP contribution is 2.26. The lowest BCUT2D eigenvalue weighted by Crippen LogP contribution is -2.23. The number of thioether (sulfide) groups is 1. The lowest BCUT2D eigenvalue weighted by atomic mass is 10.2. The topological polar surface area (TPSA) is 89.3 Å². The fourth-order valence-corrected chi connectivity index (χ4v) is 4.22. The molecule has 4 rings (SSSR count). The molecule has 0 atom stereocenters. The Morgan fingerprint density at radius 2 is 2.06 bits per heavy atom. The van der Waals surface area contributed by atoms with Gasteiger partial charge in [0.2, 0.25) is 11.8 Å². The third-order valence-electron chi connectivity index (χ3n) is 4.97. The van der Waals surface area contributed by atoms with E-state index in [-0.39, 0.29) is 24.2 Å². The van der Waals surface area contributed by atoms with E-state index in [4.69, 9.17) is 16.3 Å². The van der Waals surface area contributed by atoms with Gasteiger partial charge in [-0.1, -0.05) is 41.6 Å². The summed E-state index contributed by atoms with van der Waals surface area (Å²) in [4.78, 5) is 26.1. The molecule has 10 heteroatoms. The fourth-order valence-electron chi connectivity index (χ4n) is 3.30. The maximum atomic E-state index is 12.4. The van der Waals surface area contributed by atoms with Crippen molar-refractivity contribution in [3.8, 4) is 5.75 Å². The number of hydrogen-bond acceptors (Lipinski definition) is 6. The molecule has 0 radical (unpaired) electrons. The fraction of sp³-hybridized carbons (Fsp3) is 0.273. The Balaban J connectivity index is 1.31. The molecule has 1 aliphatic heterocycles. The molecule has 0 bridgehead atoms. The van der Waals surface area contributed by atoms with E-state index in [0.717, 1.165) is 12.1 Å². The van der Waals surface area contributed by atoms with Gasteiger partial charge in [0, 0.05) is 31.4 Å². The second-order valence-electron chi connectivity index (χ2n) is 7.21. The van der Waals surface area contributed by atoms with Gasteiger partial charge in [-0.15, -0.1) is 10.2 Å². The zero-order chi connectivity index (χ0) is 22.5.